The molecule has 0 spiro atoms. The lowest BCUT2D eigenvalue weighted by atomic mass is 9.97. The van der Waals surface area contributed by atoms with E-state index in [0.717, 1.165) is 43.3 Å². The molecule has 4 nitrogen and oxygen atoms in total. The van der Waals surface area contributed by atoms with Gasteiger partial charge in [-0.25, -0.2) is 0 Å². The summed E-state index contributed by atoms with van der Waals surface area (Å²) in [6.07, 6.45) is 2.96. The van der Waals surface area contributed by atoms with Gasteiger partial charge in [-0.1, -0.05) is 19.9 Å². The zero-order chi connectivity index (χ0) is 13.6. The topological polar surface area (TPSA) is 55.8 Å². The van der Waals surface area contributed by atoms with Crippen molar-refractivity contribution in [1.82, 2.24) is 0 Å². The van der Waals surface area contributed by atoms with Crippen molar-refractivity contribution >= 4 is 6.29 Å². The molecule has 1 aromatic carbocycles. The molecular weight excluding hydrogens is 232 g/mol. The van der Waals surface area contributed by atoms with Gasteiger partial charge in [0.05, 0.1) is 5.41 Å². The fourth-order valence-electron chi connectivity index (χ4n) is 1.82. The van der Waals surface area contributed by atoms with Gasteiger partial charge in [-0.15, -0.1) is 0 Å². The van der Waals surface area contributed by atoms with E-state index < -0.39 is 0 Å². The van der Waals surface area contributed by atoms with Gasteiger partial charge in [0.25, 0.3) is 0 Å². The van der Waals surface area contributed by atoms with E-state index in [1.165, 1.54) is 0 Å². The fourth-order valence-corrected chi connectivity index (χ4v) is 1.82. The van der Waals surface area contributed by atoms with Crippen LogP contribution in [-0.4, -0.2) is 25.3 Å². The lowest BCUT2D eigenvalue weighted by Crippen LogP contribution is -2.07. The molecule has 2 aliphatic rings. The molecular formula is C14H20O4. The van der Waals surface area contributed by atoms with Crippen LogP contribution in [0.4, 0.5) is 0 Å². The van der Waals surface area contributed by atoms with E-state index in [2.05, 4.69) is 0 Å². The van der Waals surface area contributed by atoms with Crippen LogP contribution in [0.1, 0.15) is 32.3 Å². The van der Waals surface area contributed by atoms with Gasteiger partial charge < -0.3 is 19.4 Å². The molecule has 0 amide bonds. The highest BCUT2D eigenvalue weighted by molar-refractivity contribution is 5.73. The summed E-state index contributed by atoms with van der Waals surface area (Å²) in [4.78, 5) is 10.9. The lowest BCUT2D eigenvalue weighted by molar-refractivity contribution is -0.109. The molecule has 18 heavy (non-hydrogen) atoms. The third-order valence-electron chi connectivity index (χ3n) is 2.96. The highest BCUT2D eigenvalue weighted by Crippen LogP contribution is 2.48. The van der Waals surface area contributed by atoms with Crippen LogP contribution in [0.25, 0.3) is 0 Å². The van der Waals surface area contributed by atoms with Crippen LogP contribution in [0.5, 0.6) is 11.5 Å². The molecule has 4 heteroatoms. The van der Waals surface area contributed by atoms with Crippen LogP contribution < -0.4 is 9.47 Å². The molecule has 0 unspecified atom stereocenters. The molecule has 1 heterocycles. The SMILES string of the molecule is CC.CO.O=CC1(c2ccc3c(c2)OCO3)CC1. The number of carbonyl (C=O) groups is 1. The molecule has 3 rings (SSSR count). The monoisotopic (exact) mass is 252 g/mol. The van der Waals surface area contributed by atoms with E-state index in [-0.39, 0.29) is 12.2 Å². The zero-order valence-corrected chi connectivity index (χ0v) is 11.1. The first-order valence-corrected chi connectivity index (χ1v) is 6.15. The Bertz CT molecular complexity index is 397. The van der Waals surface area contributed by atoms with Crippen molar-refractivity contribution in [2.24, 2.45) is 0 Å². The van der Waals surface area contributed by atoms with Crippen molar-refractivity contribution in [1.29, 1.82) is 0 Å². The van der Waals surface area contributed by atoms with Crippen molar-refractivity contribution in [3.05, 3.63) is 23.8 Å². The molecule has 1 saturated carbocycles. The Labute approximate surface area is 108 Å². The summed E-state index contributed by atoms with van der Waals surface area (Å²) in [7, 11) is 1.00. The van der Waals surface area contributed by atoms with Gasteiger partial charge >= 0.3 is 0 Å². The van der Waals surface area contributed by atoms with Crippen LogP contribution in [0.2, 0.25) is 0 Å². The van der Waals surface area contributed by atoms with Crippen molar-refractivity contribution in [3.63, 3.8) is 0 Å². The maximum atomic E-state index is 10.9. The van der Waals surface area contributed by atoms with Crippen LogP contribution in [0.15, 0.2) is 18.2 Å². The number of hydrogen-bond donors (Lipinski definition) is 1. The third-order valence-corrected chi connectivity index (χ3v) is 2.96. The number of fused-ring (bicyclic) bond motifs is 1. The minimum Gasteiger partial charge on any atom is -0.454 e. The summed E-state index contributed by atoms with van der Waals surface area (Å²) < 4.78 is 10.5. The van der Waals surface area contributed by atoms with Crippen molar-refractivity contribution in [3.8, 4) is 11.5 Å². The molecule has 1 fully saturated rings. The zero-order valence-electron chi connectivity index (χ0n) is 11.1. The first-order valence-electron chi connectivity index (χ1n) is 6.15. The molecule has 1 aromatic rings. The Kier molecular flexibility index (Phi) is 5.16. The van der Waals surface area contributed by atoms with Crippen molar-refractivity contribution < 1.29 is 19.4 Å². The summed E-state index contributed by atoms with van der Waals surface area (Å²) in [5.74, 6) is 1.53. The summed E-state index contributed by atoms with van der Waals surface area (Å²) in [6.45, 7) is 4.28. The molecule has 0 saturated heterocycles. The van der Waals surface area contributed by atoms with Crippen molar-refractivity contribution in [2.75, 3.05) is 13.9 Å². The van der Waals surface area contributed by atoms with Gasteiger partial charge in [-0.3, -0.25) is 0 Å². The number of rotatable bonds is 2. The summed E-state index contributed by atoms with van der Waals surface area (Å²) in [6, 6.07) is 5.75. The molecule has 100 valence electrons. The second-order valence-electron chi connectivity index (χ2n) is 3.84. The normalized spacial score (nSPS) is 16.7. The van der Waals surface area contributed by atoms with Gasteiger partial charge in [0.15, 0.2) is 11.5 Å². The number of aldehydes is 1. The van der Waals surface area contributed by atoms with Gasteiger partial charge in [0, 0.05) is 7.11 Å². The second kappa shape index (κ2) is 6.40. The van der Waals surface area contributed by atoms with E-state index in [4.69, 9.17) is 14.6 Å². The van der Waals surface area contributed by atoms with E-state index >= 15 is 0 Å². The lowest BCUT2D eigenvalue weighted by Gasteiger charge is -2.07. The highest BCUT2D eigenvalue weighted by atomic mass is 16.7. The Morgan fingerprint density at radius 1 is 1.17 bits per heavy atom. The van der Waals surface area contributed by atoms with Crippen LogP contribution in [0, 0.1) is 0 Å². The van der Waals surface area contributed by atoms with Crippen LogP contribution in [0.3, 0.4) is 0 Å². The standard InChI is InChI=1S/C11H10O3.C2H6.CH4O/c12-6-11(3-4-11)8-1-2-9-10(5-8)14-7-13-9;2*1-2/h1-2,5-6H,3-4,7H2;1-2H3;2H,1H3. The number of aliphatic hydroxyl groups is 1. The maximum absolute atomic E-state index is 10.9. The van der Waals surface area contributed by atoms with Gasteiger partial charge in [0.1, 0.15) is 6.29 Å². The first kappa shape index (κ1) is 14.5. The number of ether oxygens (including phenoxy) is 2. The molecule has 0 aromatic heterocycles. The average molecular weight is 252 g/mol. The molecule has 0 radical (unpaired) electrons. The van der Waals surface area contributed by atoms with E-state index in [0.29, 0.717) is 0 Å². The number of benzene rings is 1. The Morgan fingerprint density at radius 2 is 1.78 bits per heavy atom. The minimum atomic E-state index is -0.221. The predicted octanol–water partition coefficient (Wildman–Crippen LogP) is 2.28. The van der Waals surface area contributed by atoms with E-state index in [1.807, 2.05) is 32.0 Å². The largest absolute Gasteiger partial charge is 0.454 e. The minimum absolute atomic E-state index is 0.221. The summed E-state index contributed by atoms with van der Waals surface area (Å²) >= 11 is 0. The molecule has 0 atom stereocenters. The Hall–Kier alpha value is -1.55. The average Bonchev–Trinajstić information content (AvgIpc) is 3.13. The molecule has 0 bridgehead atoms. The summed E-state index contributed by atoms with van der Waals surface area (Å²) in [5, 5.41) is 7.00. The van der Waals surface area contributed by atoms with Crippen LogP contribution >= 0.6 is 0 Å². The first-order chi connectivity index (χ1) is 8.84. The van der Waals surface area contributed by atoms with E-state index in [9.17, 15) is 4.79 Å². The summed E-state index contributed by atoms with van der Waals surface area (Å²) in [5.41, 5.74) is 0.831. The number of carbonyl (C=O) groups excluding carboxylic acids is 1. The predicted molar refractivity (Wildman–Crippen MR) is 69.0 cm³/mol. The van der Waals surface area contributed by atoms with E-state index in [1.54, 1.807) is 0 Å². The second-order valence-corrected chi connectivity index (χ2v) is 3.84. The number of hydrogen-bond acceptors (Lipinski definition) is 4. The maximum Gasteiger partial charge on any atom is 0.231 e. The number of aliphatic hydroxyl groups excluding tert-OH is 1. The van der Waals surface area contributed by atoms with Gasteiger partial charge in [-0.2, -0.15) is 0 Å². The Morgan fingerprint density at radius 3 is 2.33 bits per heavy atom. The van der Waals surface area contributed by atoms with Crippen molar-refractivity contribution in [2.45, 2.75) is 32.1 Å². The molecule has 1 aliphatic carbocycles. The fraction of sp³-hybridized carbons (Fsp3) is 0.500. The highest BCUT2D eigenvalue weighted by Gasteiger charge is 2.44. The molecule has 1 aliphatic heterocycles. The quantitative estimate of drug-likeness (QED) is 0.820. The third kappa shape index (κ3) is 2.64. The van der Waals surface area contributed by atoms with Gasteiger partial charge in [-0.05, 0) is 30.5 Å². The molecule has 1 N–H and O–H groups in total. The smallest absolute Gasteiger partial charge is 0.231 e. The van der Waals surface area contributed by atoms with Gasteiger partial charge in [0.2, 0.25) is 6.79 Å². The van der Waals surface area contributed by atoms with Crippen LogP contribution in [-0.2, 0) is 10.2 Å². The Balaban J connectivity index is 0.000000371.